The molecule has 0 saturated carbocycles. The van der Waals surface area contributed by atoms with Gasteiger partial charge in [0.1, 0.15) is 0 Å². The smallest absolute Gasteiger partial charge is 0.257 e. The molecule has 0 aliphatic carbocycles. The van der Waals surface area contributed by atoms with Gasteiger partial charge in [0.25, 0.3) is 5.91 Å². The molecule has 4 nitrogen and oxygen atoms in total. The summed E-state index contributed by atoms with van der Waals surface area (Å²) in [4.78, 5) is 14.8. The van der Waals surface area contributed by atoms with Crippen molar-refractivity contribution in [2.45, 2.75) is 26.3 Å². The molecule has 0 radical (unpaired) electrons. The standard InChI is InChI=1S/C20H25N3O/c1-15-10-12-23(13-11-15)14-16-6-8-17(9-7-16)22-20(24)18-4-2-3-5-19(18)21/h2-9,15H,10-14,21H2,1H3,(H,22,24). The highest BCUT2D eigenvalue weighted by Crippen LogP contribution is 2.19. The van der Waals surface area contributed by atoms with E-state index >= 15 is 0 Å². The number of amides is 1. The first-order valence-corrected chi connectivity index (χ1v) is 8.59. The van der Waals surface area contributed by atoms with Gasteiger partial charge in [0, 0.05) is 17.9 Å². The van der Waals surface area contributed by atoms with Crippen LogP contribution in [0.4, 0.5) is 11.4 Å². The molecule has 0 spiro atoms. The van der Waals surface area contributed by atoms with E-state index in [0.29, 0.717) is 11.3 Å². The number of hydrogen-bond acceptors (Lipinski definition) is 3. The average molecular weight is 323 g/mol. The van der Waals surface area contributed by atoms with E-state index < -0.39 is 0 Å². The van der Waals surface area contributed by atoms with Gasteiger partial charge in [0.15, 0.2) is 0 Å². The van der Waals surface area contributed by atoms with Gasteiger partial charge in [-0.15, -0.1) is 0 Å². The molecule has 0 aromatic heterocycles. The predicted octanol–water partition coefficient (Wildman–Crippen LogP) is 3.75. The first kappa shape index (κ1) is 16.5. The Bertz CT molecular complexity index is 688. The molecule has 24 heavy (non-hydrogen) atoms. The minimum atomic E-state index is -0.175. The maximum atomic E-state index is 12.3. The summed E-state index contributed by atoms with van der Waals surface area (Å²) >= 11 is 0. The molecule has 1 saturated heterocycles. The first-order valence-electron chi connectivity index (χ1n) is 8.59. The molecule has 1 fully saturated rings. The normalized spacial score (nSPS) is 16.0. The molecule has 1 aliphatic heterocycles. The van der Waals surface area contributed by atoms with Gasteiger partial charge in [-0.25, -0.2) is 0 Å². The topological polar surface area (TPSA) is 58.4 Å². The van der Waals surface area contributed by atoms with Gasteiger partial charge in [0.2, 0.25) is 0 Å². The molecule has 3 rings (SSSR count). The second-order valence-corrected chi connectivity index (χ2v) is 6.70. The number of para-hydroxylation sites is 1. The maximum absolute atomic E-state index is 12.3. The van der Waals surface area contributed by atoms with Gasteiger partial charge in [-0.05, 0) is 61.7 Å². The molecular weight excluding hydrogens is 298 g/mol. The van der Waals surface area contributed by atoms with E-state index in [1.807, 2.05) is 24.3 Å². The zero-order chi connectivity index (χ0) is 16.9. The number of carbonyl (C=O) groups is 1. The second-order valence-electron chi connectivity index (χ2n) is 6.70. The lowest BCUT2D eigenvalue weighted by molar-refractivity contribution is 0.102. The molecule has 0 bridgehead atoms. The Labute approximate surface area is 143 Å². The molecule has 0 atom stereocenters. The summed E-state index contributed by atoms with van der Waals surface area (Å²) in [5.74, 6) is 0.676. The number of benzene rings is 2. The molecule has 2 aromatic rings. The number of hydrogen-bond donors (Lipinski definition) is 2. The summed E-state index contributed by atoms with van der Waals surface area (Å²) in [6.45, 7) is 5.65. The van der Waals surface area contributed by atoms with E-state index in [1.165, 1.54) is 31.5 Å². The molecule has 1 aliphatic rings. The van der Waals surface area contributed by atoms with Crippen molar-refractivity contribution in [3.05, 3.63) is 59.7 Å². The largest absolute Gasteiger partial charge is 0.398 e. The molecule has 0 unspecified atom stereocenters. The van der Waals surface area contributed by atoms with E-state index in [9.17, 15) is 4.79 Å². The Morgan fingerprint density at radius 3 is 2.46 bits per heavy atom. The molecular formula is C20H25N3O. The van der Waals surface area contributed by atoms with Crippen molar-refractivity contribution < 1.29 is 4.79 Å². The van der Waals surface area contributed by atoms with Crippen LogP contribution in [0.15, 0.2) is 48.5 Å². The fourth-order valence-corrected chi connectivity index (χ4v) is 3.07. The number of likely N-dealkylation sites (tertiary alicyclic amines) is 1. The Kier molecular flexibility index (Phi) is 5.16. The minimum Gasteiger partial charge on any atom is -0.398 e. The van der Waals surface area contributed by atoms with E-state index in [0.717, 1.165) is 18.2 Å². The maximum Gasteiger partial charge on any atom is 0.257 e. The number of anilines is 2. The van der Waals surface area contributed by atoms with Gasteiger partial charge >= 0.3 is 0 Å². The van der Waals surface area contributed by atoms with Gasteiger partial charge in [-0.2, -0.15) is 0 Å². The highest BCUT2D eigenvalue weighted by atomic mass is 16.1. The van der Waals surface area contributed by atoms with Crippen LogP contribution in [0.5, 0.6) is 0 Å². The van der Waals surface area contributed by atoms with E-state index in [4.69, 9.17) is 5.73 Å². The predicted molar refractivity (Wildman–Crippen MR) is 98.9 cm³/mol. The summed E-state index contributed by atoms with van der Waals surface area (Å²) in [6, 6.07) is 15.2. The Morgan fingerprint density at radius 2 is 1.79 bits per heavy atom. The summed E-state index contributed by atoms with van der Waals surface area (Å²) < 4.78 is 0. The van der Waals surface area contributed by atoms with Crippen molar-refractivity contribution in [3.8, 4) is 0 Å². The van der Waals surface area contributed by atoms with Crippen LogP contribution in [0, 0.1) is 5.92 Å². The average Bonchev–Trinajstić information content (AvgIpc) is 2.59. The lowest BCUT2D eigenvalue weighted by Gasteiger charge is -2.30. The van der Waals surface area contributed by atoms with Crippen molar-refractivity contribution in [1.82, 2.24) is 4.90 Å². The number of rotatable bonds is 4. The van der Waals surface area contributed by atoms with Crippen LogP contribution in [-0.4, -0.2) is 23.9 Å². The highest BCUT2D eigenvalue weighted by molar-refractivity contribution is 6.07. The third-order valence-corrected chi connectivity index (χ3v) is 4.70. The van der Waals surface area contributed by atoms with Gasteiger partial charge in [-0.3, -0.25) is 9.69 Å². The van der Waals surface area contributed by atoms with Crippen molar-refractivity contribution >= 4 is 17.3 Å². The van der Waals surface area contributed by atoms with Crippen molar-refractivity contribution in [2.24, 2.45) is 5.92 Å². The Balaban J connectivity index is 1.58. The quantitative estimate of drug-likeness (QED) is 0.843. The number of carbonyl (C=O) groups excluding carboxylic acids is 1. The number of piperidine rings is 1. The summed E-state index contributed by atoms with van der Waals surface area (Å²) in [5.41, 5.74) is 8.91. The molecule has 2 aromatic carbocycles. The summed E-state index contributed by atoms with van der Waals surface area (Å²) in [5, 5.41) is 2.90. The van der Waals surface area contributed by atoms with Crippen LogP contribution in [0.3, 0.4) is 0 Å². The Morgan fingerprint density at radius 1 is 1.12 bits per heavy atom. The number of nitrogens with one attached hydrogen (secondary N) is 1. The lowest BCUT2D eigenvalue weighted by Crippen LogP contribution is -2.32. The van der Waals surface area contributed by atoms with Crippen LogP contribution in [0.1, 0.15) is 35.7 Å². The molecule has 3 N–H and O–H groups in total. The van der Waals surface area contributed by atoms with Crippen LogP contribution in [0.25, 0.3) is 0 Å². The van der Waals surface area contributed by atoms with Crippen LogP contribution in [0.2, 0.25) is 0 Å². The number of nitrogen functional groups attached to an aromatic ring is 1. The Hall–Kier alpha value is -2.33. The SMILES string of the molecule is CC1CCN(Cc2ccc(NC(=O)c3ccccc3N)cc2)CC1. The molecule has 1 amide bonds. The van der Waals surface area contributed by atoms with E-state index in [2.05, 4.69) is 29.3 Å². The highest BCUT2D eigenvalue weighted by Gasteiger charge is 2.15. The molecule has 1 heterocycles. The van der Waals surface area contributed by atoms with Crippen molar-refractivity contribution in [3.63, 3.8) is 0 Å². The summed E-state index contributed by atoms with van der Waals surface area (Å²) in [6.07, 6.45) is 2.57. The van der Waals surface area contributed by atoms with E-state index in [1.54, 1.807) is 12.1 Å². The zero-order valence-electron chi connectivity index (χ0n) is 14.2. The van der Waals surface area contributed by atoms with Crippen LogP contribution >= 0.6 is 0 Å². The summed E-state index contributed by atoms with van der Waals surface area (Å²) in [7, 11) is 0. The third-order valence-electron chi connectivity index (χ3n) is 4.70. The van der Waals surface area contributed by atoms with Crippen LogP contribution in [-0.2, 0) is 6.54 Å². The lowest BCUT2D eigenvalue weighted by atomic mass is 9.99. The minimum absolute atomic E-state index is 0.175. The van der Waals surface area contributed by atoms with E-state index in [-0.39, 0.29) is 5.91 Å². The van der Waals surface area contributed by atoms with Crippen molar-refractivity contribution in [2.75, 3.05) is 24.1 Å². The van der Waals surface area contributed by atoms with Gasteiger partial charge in [-0.1, -0.05) is 31.2 Å². The fraction of sp³-hybridized carbons (Fsp3) is 0.350. The monoisotopic (exact) mass is 323 g/mol. The molecule has 4 heteroatoms. The fourth-order valence-electron chi connectivity index (χ4n) is 3.07. The molecule has 126 valence electrons. The first-order chi connectivity index (χ1) is 11.6. The number of nitrogens with zero attached hydrogens (tertiary/aromatic N) is 1. The second kappa shape index (κ2) is 7.49. The van der Waals surface area contributed by atoms with Gasteiger partial charge in [0.05, 0.1) is 5.56 Å². The zero-order valence-corrected chi connectivity index (χ0v) is 14.2. The van der Waals surface area contributed by atoms with Crippen LogP contribution < -0.4 is 11.1 Å². The third kappa shape index (κ3) is 4.15. The van der Waals surface area contributed by atoms with Gasteiger partial charge < -0.3 is 11.1 Å². The van der Waals surface area contributed by atoms with Crippen molar-refractivity contribution in [1.29, 1.82) is 0 Å². The number of nitrogens with two attached hydrogens (primary N) is 1.